The maximum atomic E-state index is 11.9. The minimum atomic E-state index is -0.442. The van der Waals surface area contributed by atoms with Crippen LogP contribution >= 0.6 is 11.3 Å². The van der Waals surface area contributed by atoms with Crippen molar-refractivity contribution in [1.82, 2.24) is 4.98 Å². The number of hydrogen-bond donors (Lipinski definition) is 1. The van der Waals surface area contributed by atoms with Crippen molar-refractivity contribution in [2.45, 2.75) is 20.3 Å². The molecule has 6 heteroatoms. The van der Waals surface area contributed by atoms with Crippen molar-refractivity contribution in [2.75, 3.05) is 12.4 Å². The van der Waals surface area contributed by atoms with Crippen LogP contribution in [-0.2, 0) is 11.2 Å². The topological polar surface area (TPSA) is 75.0 Å². The highest BCUT2D eigenvalue weighted by atomic mass is 32.1. The van der Waals surface area contributed by atoms with E-state index in [2.05, 4.69) is 54.5 Å². The molecular formula is C24H23N3O2S. The minimum Gasteiger partial charge on any atom is -0.465 e. The Kier molecular flexibility index (Phi) is 6.99. The zero-order chi connectivity index (χ0) is 21.5. The highest BCUT2D eigenvalue weighted by molar-refractivity contribution is 7.11. The smallest absolute Gasteiger partial charge is 0.339 e. The highest BCUT2D eigenvalue weighted by Crippen LogP contribution is 2.27. The van der Waals surface area contributed by atoms with Gasteiger partial charge in [0.15, 0.2) is 0 Å². The second-order valence-electron chi connectivity index (χ2n) is 7.18. The number of nitrogens with zero attached hydrogens (tertiary/aromatic N) is 2. The van der Waals surface area contributed by atoms with E-state index in [4.69, 9.17) is 4.74 Å². The number of aromatic nitrogens is 1. The molecule has 0 saturated carbocycles. The number of para-hydroxylation sites is 1. The van der Waals surface area contributed by atoms with Crippen LogP contribution in [0.25, 0.3) is 16.8 Å². The van der Waals surface area contributed by atoms with E-state index in [0.29, 0.717) is 27.7 Å². The number of rotatable bonds is 7. The quantitative estimate of drug-likeness (QED) is 0.390. The van der Waals surface area contributed by atoms with Crippen molar-refractivity contribution in [1.29, 1.82) is 5.26 Å². The standard InChI is InChI=1S/C24H23N3O2S/c1-16(2)12-17-8-10-18(11-9-17)22-15-30-23(27-22)19(13-25)14-26-21-7-5-4-6-20(21)24(28)29-3/h4-11,14-16,26H,12H2,1-3H3. The van der Waals surface area contributed by atoms with Crippen molar-refractivity contribution in [3.63, 3.8) is 0 Å². The van der Waals surface area contributed by atoms with Gasteiger partial charge < -0.3 is 10.1 Å². The fourth-order valence-corrected chi connectivity index (χ4v) is 3.80. The van der Waals surface area contributed by atoms with Crippen LogP contribution in [-0.4, -0.2) is 18.1 Å². The average molecular weight is 418 g/mol. The molecule has 2 aromatic carbocycles. The second kappa shape index (κ2) is 9.86. The van der Waals surface area contributed by atoms with Crippen molar-refractivity contribution in [3.8, 4) is 17.3 Å². The summed E-state index contributed by atoms with van der Waals surface area (Å²) in [4.78, 5) is 16.5. The van der Waals surface area contributed by atoms with Gasteiger partial charge in [-0.3, -0.25) is 0 Å². The Balaban J connectivity index is 1.80. The number of carbonyl (C=O) groups is 1. The Morgan fingerprint density at radius 1 is 1.23 bits per heavy atom. The molecule has 0 aliphatic rings. The van der Waals surface area contributed by atoms with Crippen LogP contribution in [0.4, 0.5) is 5.69 Å². The fourth-order valence-electron chi connectivity index (χ4n) is 3.00. The van der Waals surface area contributed by atoms with Gasteiger partial charge >= 0.3 is 5.97 Å². The summed E-state index contributed by atoms with van der Waals surface area (Å²) in [6, 6.07) is 17.5. The number of nitrogens with one attached hydrogen (secondary N) is 1. The van der Waals surface area contributed by atoms with Gasteiger partial charge in [0.05, 0.1) is 24.1 Å². The molecule has 1 heterocycles. The molecule has 0 fully saturated rings. The summed E-state index contributed by atoms with van der Waals surface area (Å²) in [6.07, 6.45) is 2.61. The van der Waals surface area contributed by atoms with Crippen molar-refractivity contribution < 1.29 is 9.53 Å². The molecule has 0 spiro atoms. The van der Waals surface area contributed by atoms with Gasteiger partial charge in [-0.15, -0.1) is 11.3 Å². The van der Waals surface area contributed by atoms with E-state index in [-0.39, 0.29) is 0 Å². The van der Waals surface area contributed by atoms with Crippen molar-refractivity contribution in [3.05, 3.63) is 76.2 Å². The van der Waals surface area contributed by atoms with Crippen LogP contribution in [0.2, 0.25) is 0 Å². The van der Waals surface area contributed by atoms with E-state index in [9.17, 15) is 10.1 Å². The molecule has 0 unspecified atom stereocenters. The van der Waals surface area contributed by atoms with E-state index in [1.165, 1.54) is 24.0 Å². The maximum absolute atomic E-state index is 11.9. The summed E-state index contributed by atoms with van der Waals surface area (Å²) in [7, 11) is 1.34. The van der Waals surface area contributed by atoms with Gasteiger partial charge in [0.1, 0.15) is 16.6 Å². The number of ether oxygens (including phenoxy) is 1. The van der Waals surface area contributed by atoms with Gasteiger partial charge in [0.2, 0.25) is 0 Å². The molecule has 152 valence electrons. The molecule has 1 N–H and O–H groups in total. The van der Waals surface area contributed by atoms with E-state index in [1.807, 2.05) is 5.38 Å². The third kappa shape index (κ3) is 5.13. The Labute approximate surface area is 180 Å². The number of nitriles is 1. The number of carbonyl (C=O) groups excluding carboxylic acids is 1. The van der Waals surface area contributed by atoms with Crippen LogP contribution in [0.5, 0.6) is 0 Å². The van der Waals surface area contributed by atoms with E-state index >= 15 is 0 Å². The first-order valence-corrected chi connectivity index (χ1v) is 10.5. The van der Waals surface area contributed by atoms with Crippen molar-refractivity contribution >= 4 is 28.6 Å². The number of hydrogen-bond acceptors (Lipinski definition) is 6. The summed E-state index contributed by atoms with van der Waals surface area (Å²) < 4.78 is 4.80. The summed E-state index contributed by atoms with van der Waals surface area (Å²) >= 11 is 1.41. The third-order valence-electron chi connectivity index (χ3n) is 4.45. The van der Waals surface area contributed by atoms with Crippen LogP contribution in [0.3, 0.4) is 0 Å². The number of anilines is 1. The lowest BCUT2D eigenvalue weighted by molar-refractivity contribution is 0.0602. The predicted octanol–water partition coefficient (Wildman–Crippen LogP) is 5.77. The van der Waals surface area contributed by atoms with Crippen LogP contribution in [0.15, 0.2) is 60.1 Å². The average Bonchev–Trinajstić information content (AvgIpc) is 3.24. The molecule has 3 aromatic rings. The van der Waals surface area contributed by atoms with Crippen LogP contribution in [0.1, 0.15) is 34.8 Å². The van der Waals surface area contributed by atoms with Gasteiger partial charge in [-0.1, -0.05) is 50.2 Å². The lowest BCUT2D eigenvalue weighted by atomic mass is 10.0. The number of esters is 1. The Hall–Kier alpha value is -3.43. The van der Waals surface area contributed by atoms with Gasteiger partial charge in [-0.25, -0.2) is 9.78 Å². The molecule has 0 amide bonds. The second-order valence-corrected chi connectivity index (χ2v) is 8.04. The molecule has 5 nitrogen and oxygen atoms in total. The molecule has 0 radical (unpaired) electrons. The minimum absolute atomic E-state index is 0.391. The lowest BCUT2D eigenvalue weighted by Crippen LogP contribution is -2.05. The van der Waals surface area contributed by atoms with Gasteiger partial charge in [-0.2, -0.15) is 5.26 Å². The number of benzene rings is 2. The molecule has 0 saturated heterocycles. The summed E-state index contributed by atoms with van der Waals surface area (Å²) in [6.45, 7) is 4.40. The first-order chi connectivity index (χ1) is 14.5. The highest BCUT2D eigenvalue weighted by Gasteiger charge is 2.12. The van der Waals surface area contributed by atoms with Gasteiger partial charge in [0.25, 0.3) is 0 Å². The monoisotopic (exact) mass is 417 g/mol. The first-order valence-electron chi connectivity index (χ1n) is 9.61. The molecule has 3 rings (SSSR count). The number of methoxy groups -OCH3 is 1. The van der Waals surface area contributed by atoms with Crippen molar-refractivity contribution in [2.24, 2.45) is 5.92 Å². The molecule has 1 aromatic heterocycles. The predicted molar refractivity (Wildman–Crippen MR) is 121 cm³/mol. The van der Waals surface area contributed by atoms with E-state index < -0.39 is 5.97 Å². The third-order valence-corrected chi connectivity index (χ3v) is 5.33. The Morgan fingerprint density at radius 3 is 2.63 bits per heavy atom. The molecule has 30 heavy (non-hydrogen) atoms. The van der Waals surface area contributed by atoms with Crippen LogP contribution < -0.4 is 5.32 Å². The molecule has 0 atom stereocenters. The summed E-state index contributed by atoms with van der Waals surface area (Å²) in [5.41, 5.74) is 4.51. The Morgan fingerprint density at radius 2 is 1.97 bits per heavy atom. The Bertz CT molecular complexity index is 1090. The number of thiazole rings is 1. The molecular weight excluding hydrogens is 394 g/mol. The molecule has 0 aliphatic heterocycles. The SMILES string of the molecule is COC(=O)c1ccccc1NC=C(C#N)c1nc(-c2ccc(CC(C)C)cc2)cs1. The van der Waals surface area contributed by atoms with E-state index in [0.717, 1.165) is 17.7 Å². The zero-order valence-electron chi connectivity index (χ0n) is 17.2. The summed E-state index contributed by atoms with van der Waals surface area (Å²) in [5.74, 6) is 0.171. The fraction of sp³-hybridized carbons (Fsp3) is 0.208. The largest absolute Gasteiger partial charge is 0.465 e. The lowest BCUT2D eigenvalue weighted by Gasteiger charge is -2.07. The number of allylic oxidation sites excluding steroid dienone is 1. The van der Waals surface area contributed by atoms with Gasteiger partial charge in [0, 0.05) is 17.1 Å². The molecule has 0 bridgehead atoms. The normalized spacial score (nSPS) is 11.2. The molecule has 0 aliphatic carbocycles. The van der Waals surface area contributed by atoms with E-state index in [1.54, 1.807) is 30.5 Å². The maximum Gasteiger partial charge on any atom is 0.339 e. The summed E-state index contributed by atoms with van der Waals surface area (Å²) in [5, 5.41) is 15.2. The van der Waals surface area contributed by atoms with Gasteiger partial charge in [-0.05, 0) is 30.0 Å². The van der Waals surface area contributed by atoms with Crippen LogP contribution in [0, 0.1) is 17.2 Å². The zero-order valence-corrected chi connectivity index (χ0v) is 18.0. The first kappa shape index (κ1) is 21.3.